The summed E-state index contributed by atoms with van der Waals surface area (Å²) >= 11 is 1.70. The van der Waals surface area contributed by atoms with E-state index in [0.717, 1.165) is 31.9 Å². The summed E-state index contributed by atoms with van der Waals surface area (Å²) in [5.74, 6) is 1.74. The zero-order valence-corrected chi connectivity index (χ0v) is 14.0. The first-order valence-electron chi connectivity index (χ1n) is 5.96. The van der Waals surface area contributed by atoms with Gasteiger partial charge in [-0.1, -0.05) is 13.8 Å². The molecule has 0 atom stereocenters. The Bertz CT molecular complexity index is 184. The summed E-state index contributed by atoms with van der Waals surface area (Å²) in [7, 11) is 1.88. The predicted octanol–water partition coefficient (Wildman–Crippen LogP) is 1.24. The molecule has 0 saturated heterocycles. The van der Waals surface area contributed by atoms with Gasteiger partial charge in [0.2, 0.25) is 5.91 Å². The van der Waals surface area contributed by atoms with Crippen LogP contribution in [0, 0.1) is 0 Å². The van der Waals surface area contributed by atoms with E-state index in [1.165, 1.54) is 0 Å². The Kier molecular flexibility index (Phi) is 22.5. The van der Waals surface area contributed by atoms with E-state index in [9.17, 15) is 4.79 Å². The number of rotatable bonds is 10. The number of likely N-dealkylation sites (N-methyl/N-ethyl adjacent to an activating group) is 1. The molecule has 0 aromatic carbocycles. The van der Waals surface area contributed by atoms with Crippen LogP contribution >= 0.6 is 36.6 Å². The molecule has 0 rings (SSSR count). The molecule has 0 aromatic heterocycles. The average molecular weight is 320 g/mol. The van der Waals surface area contributed by atoms with Gasteiger partial charge in [0.25, 0.3) is 0 Å². The van der Waals surface area contributed by atoms with E-state index in [1.807, 2.05) is 7.05 Å². The molecule has 4 nitrogen and oxygen atoms in total. The van der Waals surface area contributed by atoms with Crippen molar-refractivity contribution in [2.45, 2.75) is 13.8 Å². The quantitative estimate of drug-likeness (QED) is 0.595. The predicted molar refractivity (Wildman–Crippen MR) is 86.5 cm³/mol. The Labute approximate surface area is 128 Å². The second-order valence-electron chi connectivity index (χ2n) is 3.53. The summed E-state index contributed by atoms with van der Waals surface area (Å²) in [5, 5.41) is 5.86. The van der Waals surface area contributed by atoms with E-state index in [1.54, 1.807) is 11.8 Å². The summed E-state index contributed by atoms with van der Waals surface area (Å²) < 4.78 is 0. The Balaban J connectivity index is -0.00000112. The van der Waals surface area contributed by atoms with Crippen LogP contribution in [-0.2, 0) is 4.79 Å². The number of carbonyl (C=O) groups excluding carboxylic acids is 1. The molecule has 0 unspecified atom stereocenters. The molecule has 7 heteroatoms. The van der Waals surface area contributed by atoms with E-state index in [2.05, 4.69) is 29.4 Å². The Hall–Kier alpha value is 0.320. The summed E-state index contributed by atoms with van der Waals surface area (Å²) in [6.07, 6.45) is 0. The average Bonchev–Trinajstić information content (AvgIpc) is 2.30. The van der Waals surface area contributed by atoms with Gasteiger partial charge in [-0.05, 0) is 20.1 Å². The molecule has 0 heterocycles. The van der Waals surface area contributed by atoms with Crippen LogP contribution in [0.4, 0.5) is 0 Å². The first kappa shape index (κ1) is 23.4. The van der Waals surface area contributed by atoms with Crippen molar-refractivity contribution in [1.29, 1.82) is 0 Å². The first-order valence-corrected chi connectivity index (χ1v) is 7.11. The fourth-order valence-corrected chi connectivity index (χ4v) is 2.10. The highest BCUT2D eigenvalue weighted by Gasteiger charge is 2.02. The van der Waals surface area contributed by atoms with Crippen molar-refractivity contribution in [3.05, 3.63) is 0 Å². The number of hydrogen-bond donors (Lipinski definition) is 2. The SMILES string of the molecule is CCN(CC)CCSCC(=O)NCCNC.Cl.Cl. The molecule has 0 saturated carbocycles. The van der Waals surface area contributed by atoms with Crippen molar-refractivity contribution < 1.29 is 4.79 Å². The monoisotopic (exact) mass is 319 g/mol. The molecule has 0 aromatic rings. The van der Waals surface area contributed by atoms with E-state index in [4.69, 9.17) is 0 Å². The van der Waals surface area contributed by atoms with Gasteiger partial charge in [0, 0.05) is 25.4 Å². The Morgan fingerprint density at radius 2 is 1.78 bits per heavy atom. The minimum absolute atomic E-state index is 0. The molecule has 0 fully saturated rings. The molecule has 2 N–H and O–H groups in total. The lowest BCUT2D eigenvalue weighted by atomic mass is 10.5. The minimum atomic E-state index is 0. The van der Waals surface area contributed by atoms with Crippen molar-refractivity contribution in [1.82, 2.24) is 15.5 Å². The number of halogens is 2. The van der Waals surface area contributed by atoms with Gasteiger partial charge in [-0.3, -0.25) is 4.79 Å². The molecule has 1 amide bonds. The standard InChI is InChI=1S/C11H25N3OS.2ClH/c1-4-14(5-2)8-9-16-10-11(15)13-7-6-12-3;;/h12H,4-10H2,1-3H3,(H,13,15);2*1H. The van der Waals surface area contributed by atoms with Crippen LogP contribution in [0.15, 0.2) is 0 Å². The van der Waals surface area contributed by atoms with Crippen molar-refractivity contribution >= 4 is 42.5 Å². The fourth-order valence-electron chi connectivity index (χ4n) is 1.28. The number of nitrogens with zero attached hydrogens (tertiary/aromatic N) is 1. The lowest BCUT2D eigenvalue weighted by Gasteiger charge is -2.17. The van der Waals surface area contributed by atoms with Gasteiger partial charge in [0.15, 0.2) is 0 Å². The van der Waals surface area contributed by atoms with E-state index < -0.39 is 0 Å². The molecular formula is C11H27Cl2N3OS. The summed E-state index contributed by atoms with van der Waals surface area (Å²) in [4.78, 5) is 13.7. The molecule has 0 aliphatic rings. The largest absolute Gasteiger partial charge is 0.354 e. The molecule has 0 bridgehead atoms. The lowest BCUT2D eigenvalue weighted by molar-refractivity contribution is -0.118. The van der Waals surface area contributed by atoms with Crippen molar-refractivity contribution in [3.8, 4) is 0 Å². The molecular weight excluding hydrogens is 293 g/mol. The molecule has 112 valence electrons. The van der Waals surface area contributed by atoms with Crippen LogP contribution in [-0.4, -0.2) is 62.1 Å². The highest BCUT2D eigenvalue weighted by atomic mass is 35.5. The summed E-state index contributed by atoms with van der Waals surface area (Å²) in [6, 6.07) is 0. The van der Waals surface area contributed by atoms with Gasteiger partial charge in [-0.15, -0.1) is 24.8 Å². The van der Waals surface area contributed by atoms with Crippen molar-refractivity contribution in [2.24, 2.45) is 0 Å². The molecule has 0 radical (unpaired) electrons. The summed E-state index contributed by atoms with van der Waals surface area (Å²) in [5.41, 5.74) is 0. The number of nitrogens with one attached hydrogen (secondary N) is 2. The third-order valence-corrected chi connectivity index (χ3v) is 3.31. The van der Waals surface area contributed by atoms with Gasteiger partial charge < -0.3 is 15.5 Å². The van der Waals surface area contributed by atoms with Crippen molar-refractivity contribution in [2.75, 3.05) is 51.3 Å². The Morgan fingerprint density at radius 3 is 2.28 bits per heavy atom. The van der Waals surface area contributed by atoms with Crippen LogP contribution in [0.5, 0.6) is 0 Å². The smallest absolute Gasteiger partial charge is 0.230 e. The zero-order valence-electron chi connectivity index (χ0n) is 11.5. The third kappa shape index (κ3) is 14.4. The van der Waals surface area contributed by atoms with Crippen LogP contribution in [0.1, 0.15) is 13.8 Å². The van der Waals surface area contributed by atoms with Crippen LogP contribution in [0.25, 0.3) is 0 Å². The zero-order chi connectivity index (χ0) is 12.2. The van der Waals surface area contributed by atoms with Gasteiger partial charge in [0.05, 0.1) is 5.75 Å². The lowest BCUT2D eigenvalue weighted by Crippen LogP contribution is -2.32. The molecule has 0 aliphatic heterocycles. The maximum absolute atomic E-state index is 11.3. The highest BCUT2D eigenvalue weighted by Crippen LogP contribution is 2.00. The fraction of sp³-hybridized carbons (Fsp3) is 0.909. The number of carbonyl (C=O) groups is 1. The van der Waals surface area contributed by atoms with Gasteiger partial charge in [-0.25, -0.2) is 0 Å². The second kappa shape index (κ2) is 17.3. The number of amides is 1. The molecule has 0 aliphatic carbocycles. The highest BCUT2D eigenvalue weighted by molar-refractivity contribution is 7.99. The van der Waals surface area contributed by atoms with Gasteiger partial charge in [0.1, 0.15) is 0 Å². The summed E-state index contributed by atoms with van der Waals surface area (Å²) in [6.45, 7) is 9.12. The number of hydrogen-bond acceptors (Lipinski definition) is 4. The van der Waals surface area contributed by atoms with E-state index >= 15 is 0 Å². The number of thioether (sulfide) groups is 1. The van der Waals surface area contributed by atoms with E-state index in [-0.39, 0.29) is 30.7 Å². The second-order valence-corrected chi connectivity index (χ2v) is 4.64. The molecule has 18 heavy (non-hydrogen) atoms. The van der Waals surface area contributed by atoms with Gasteiger partial charge >= 0.3 is 0 Å². The van der Waals surface area contributed by atoms with Crippen LogP contribution < -0.4 is 10.6 Å². The van der Waals surface area contributed by atoms with Crippen LogP contribution in [0.3, 0.4) is 0 Å². The molecule has 0 spiro atoms. The maximum atomic E-state index is 11.3. The van der Waals surface area contributed by atoms with Crippen molar-refractivity contribution in [3.63, 3.8) is 0 Å². The normalized spacial score (nSPS) is 9.56. The van der Waals surface area contributed by atoms with Gasteiger partial charge in [-0.2, -0.15) is 11.8 Å². The maximum Gasteiger partial charge on any atom is 0.230 e. The van der Waals surface area contributed by atoms with Crippen LogP contribution in [0.2, 0.25) is 0 Å². The topological polar surface area (TPSA) is 44.4 Å². The third-order valence-electron chi connectivity index (χ3n) is 2.38. The minimum Gasteiger partial charge on any atom is -0.354 e. The van der Waals surface area contributed by atoms with E-state index in [0.29, 0.717) is 12.3 Å². The Morgan fingerprint density at radius 1 is 1.17 bits per heavy atom. The first-order chi connectivity index (χ1) is 7.74.